The third kappa shape index (κ3) is 3.38. The van der Waals surface area contributed by atoms with E-state index >= 15 is 0 Å². The SMILES string of the molecule is Cc1c(C(=O)Nc2ccccc2F)sc2ncn(C[C@H]3CCCO3)c(=O)c12. The van der Waals surface area contributed by atoms with Crippen LogP contribution in [0.15, 0.2) is 35.4 Å². The molecule has 0 unspecified atom stereocenters. The summed E-state index contributed by atoms with van der Waals surface area (Å²) >= 11 is 1.13. The molecule has 0 bridgehead atoms. The molecule has 27 heavy (non-hydrogen) atoms. The van der Waals surface area contributed by atoms with E-state index in [0.717, 1.165) is 24.2 Å². The number of carbonyl (C=O) groups is 1. The molecule has 1 aliphatic heterocycles. The van der Waals surface area contributed by atoms with Gasteiger partial charge in [0, 0.05) is 6.61 Å². The summed E-state index contributed by atoms with van der Waals surface area (Å²) in [5.74, 6) is -0.965. The van der Waals surface area contributed by atoms with Gasteiger partial charge in [-0.2, -0.15) is 0 Å². The molecule has 8 heteroatoms. The maximum atomic E-state index is 13.8. The van der Waals surface area contributed by atoms with Gasteiger partial charge in [-0.05, 0) is 37.5 Å². The molecule has 4 rings (SSSR count). The lowest BCUT2D eigenvalue weighted by atomic mass is 10.2. The van der Waals surface area contributed by atoms with Crippen LogP contribution < -0.4 is 10.9 Å². The van der Waals surface area contributed by atoms with Crippen molar-refractivity contribution in [2.45, 2.75) is 32.4 Å². The summed E-state index contributed by atoms with van der Waals surface area (Å²) in [5.41, 5.74) is 0.473. The molecule has 3 heterocycles. The lowest BCUT2D eigenvalue weighted by Crippen LogP contribution is -2.26. The number of aromatic nitrogens is 2. The number of ether oxygens (including phenoxy) is 1. The van der Waals surface area contributed by atoms with Crippen LogP contribution in [0.5, 0.6) is 0 Å². The van der Waals surface area contributed by atoms with Gasteiger partial charge in [-0.15, -0.1) is 11.3 Å². The van der Waals surface area contributed by atoms with Gasteiger partial charge in [-0.3, -0.25) is 14.2 Å². The first-order chi connectivity index (χ1) is 13.0. The molecule has 1 N–H and O–H groups in total. The third-order valence-electron chi connectivity index (χ3n) is 4.67. The number of nitrogens with zero attached hydrogens (tertiary/aromatic N) is 2. The number of aryl methyl sites for hydroxylation is 1. The van der Waals surface area contributed by atoms with Crippen LogP contribution in [0.4, 0.5) is 10.1 Å². The van der Waals surface area contributed by atoms with Crippen molar-refractivity contribution < 1.29 is 13.9 Å². The average molecular weight is 387 g/mol. The van der Waals surface area contributed by atoms with Crippen LogP contribution in [0.25, 0.3) is 10.2 Å². The Labute approximate surface area is 158 Å². The molecule has 0 spiro atoms. The Kier molecular flexibility index (Phi) is 4.75. The highest BCUT2D eigenvalue weighted by atomic mass is 32.1. The molecular weight excluding hydrogens is 369 g/mol. The summed E-state index contributed by atoms with van der Waals surface area (Å²) in [4.78, 5) is 30.7. The largest absolute Gasteiger partial charge is 0.376 e. The first-order valence-electron chi connectivity index (χ1n) is 8.70. The standard InChI is InChI=1S/C19H18FN3O3S/c1-11-15-18(21-10-23(19(15)25)9-12-5-4-8-26-12)27-16(11)17(24)22-14-7-3-2-6-13(14)20/h2-3,6-7,10,12H,4-5,8-9H2,1H3,(H,22,24)/t12-/m1/s1. The van der Waals surface area contributed by atoms with E-state index in [0.29, 0.717) is 33.8 Å². The number of benzene rings is 1. The fourth-order valence-corrected chi connectivity index (χ4v) is 4.29. The topological polar surface area (TPSA) is 73.2 Å². The Bertz CT molecular complexity index is 1070. The quantitative estimate of drug-likeness (QED) is 0.745. The molecule has 1 fully saturated rings. The number of rotatable bonds is 4. The molecule has 0 aliphatic carbocycles. The van der Waals surface area contributed by atoms with E-state index in [4.69, 9.17) is 4.74 Å². The van der Waals surface area contributed by atoms with E-state index in [1.165, 1.54) is 23.0 Å². The van der Waals surface area contributed by atoms with Gasteiger partial charge < -0.3 is 10.1 Å². The summed E-state index contributed by atoms with van der Waals surface area (Å²) in [5, 5.41) is 2.99. The molecule has 2 aromatic heterocycles. The highest BCUT2D eigenvalue weighted by Gasteiger charge is 2.22. The number of hydrogen-bond donors (Lipinski definition) is 1. The van der Waals surface area contributed by atoms with Crippen molar-refractivity contribution in [1.29, 1.82) is 0 Å². The normalized spacial score (nSPS) is 16.7. The molecule has 6 nitrogen and oxygen atoms in total. The molecule has 1 saturated heterocycles. The van der Waals surface area contributed by atoms with Crippen molar-refractivity contribution in [2.24, 2.45) is 0 Å². The Morgan fingerprint density at radius 1 is 1.44 bits per heavy atom. The van der Waals surface area contributed by atoms with Gasteiger partial charge in [0.05, 0.1) is 34.9 Å². The van der Waals surface area contributed by atoms with Crippen LogP contribution in [0, 0.1) is 12.7 Å². The lowest BCUT2D eigenvalue weighted by Gasteiger charge is -2.11. The fraction of sp³-hybridized carbons (Fsp3) is 0.316. The number of thiophene rings is 1. The van der Waals surface area contributed by atoms with E-state index in [2.05, 4.69) is 10.3 Å². The van der Waals surface area contributed by atoms with Crippen molar-refractivity contribution in [2.75, 3.05) is 11.9 Å². The Morgan fingerprint density at radius 3 is 3.00 bits per heavy atom. The smallest absolute Gasteiger partial charge is 0.266 e. The molecule has 1 atom stereocenters. The van der Waals surface area contributed by atoms with Gasteiger partial charge in [0.2, 0.25) is 0 Å². The highest BCUT2D eigenvalue weighted by Crippen LogP contribution is 2.28. The number of fused-ring (bicyclic) bond motifs is 1. The molecule has 3 aromatic rings. The van der Waals surface area contributed by atoms with E-state index in [-0.39, 0.29) is 17.4 Å². The molecule has 1 amide bonds. The van der Waals surface area contributed by atoms with E-state index in [9.17, 15) is 14.0 Å². The molecule has 140 valence electrons. The number of carbonyl (C=O) groups excluding carboxylic acids is 1. The summed E-state index contributed by atoms with van der Waals surface area (Å²) in [6, 6.07) is 5.96. The van der Waals surface area contributed by atoms with E-state index in [1.54, 1.807) is 19.1 Å². The number of hydrogen-bond acceptors (Lipinski definition) is 5. The number of amides is 1. The average Bonchev–Trinajstić information content (AvgIpc) is 3.27. The van der Waals surface area contributed by atoms with Crippen molar-refractivity contribution in [3.63, 3.8) is 0 Å². The summed E-state index contributed by atoms with van der Waals surface area (Å²) in [6.07, 6.45) is 3.43. The van der Waals surface area contributed by atoms with Gasteiger partial charge in [0.1, 0.15) is 10.6 Å². The summed E-state index contributed by atoms with van der Waals surface area (Å²) in [6.45, 7) is 2.88. The van der Waals surface area contributed by atoms with Crippen molar-refractivity contribution in [3.05, 3.63) is 57.2 Å². The second-order valence-electron chi connectivity index (χ2n) is 6.51. The zero-order valence-corrected chi connectivity index (χ0v) is 15.5. The summed E-state index contributed by atoms with van der Waals surface area (Å²) < 4.78 is 20.9. The number of halogens is 1. The van der Waals surface area contributed by atoms with Crippen molar-refractivity contribution in [1.82, 2.24) is 9.55 Å². The zero-order chi connectivity index (χ0) is 19.0. The fourth-order valence-electron chi connectivity index (χ4n) is 3.26. The van der Waals surface area contributed by atoms with Gasteiger partial charge >= 0.3 is 0 Å². The Hall–Kier alpha value is -2.58. The van der Waals surface area contributed by atoms with E-state index < -0.39 is 11.7 Å². The van der Waals surface area contributed by atoms with Crippen LogP contribution in [-0.2, 0) is 11.3 Å². The van der Waals surface area contributed by atoms with Crippen LogP contribution >= 0.6 is 11.3 Å². The van der Waals surface area contributed by atoms with Crippen LogP contribution in [-0.4, -0.2) is 28.2 Å². The highest BCUT2D eigenvalue weighted by molar-refractivity contribution is 7.20. The Balaban J connectivity index is 1.67. The van der Waals surface area contributed by atoms with Gasteiger partial charge in [0.15, 0.2) is 0 Å². The molecular formula is C19H18FN3O3S. The molecule has 1 aliphatic rings. The lowest BCUT2D eigenvalue weighted by molar-refractivity contribution is 0.0960. The number of anilines is 1. The van der Waals surface area contributed by atoms with Gasteiger partial charge in [0.25, 0.3) is 11.5 Å². The molecule has 1 aromatic carbocycles. The predicted molar refractivity (Wildman–Crippen MR) is 102 cm³/mol. The van der Waals surface area contributed by atoms with Gasteiger partial charge in [-0.1, -0.05) is 12.1 Å². The minimum absolute atomic E-state index is 0.0183. The van der Waals surface area contributed by atoms with Crippen molar-refractivity contribution in [3.8, 4) is 0 Å². The Morgan fingerprint density at radius 2 is 2.26 bits per heavy atom. The van der Waals surface area contributed by atoms with Gasteiger partial charge in [-0.25, -0.2) is 9.37 Å². The van der Waals surface area contributed by atoms with Crippen LogP contribution in [0.3, 0.4) is 0 Å². The number of nitrogens with one attached hydrogen (secondary N) is 1. The second-order valence-corrected chi connectivity index (χ2v) is 7.51. The number of para-hydroxylation sites is 1. The van der Waals surface area contributed by atoms with Crippen LogP contribution in [0.1, 0.15) is 28.1 Å². The predicted octanol–water partition coefficient (Wildman–Crippen LogP) is 3.34. The first-order valence-corrected chi connectivity index (χ1v) is 9.52. The van der Waals surface area contributed by atoms with E-state index in [1.807, 2.05) is 0 Å². The zero-order valence-electron chi connectivity index (χ0n) is 14.7. The molecule has 0 saturated carbocycles. The molecule has 0 radical (unpaired) electrons. The monoisotopic (exact) mass is 387 g/mol. The maximum Gasteiger partial charge on any atom is 0.266 e. The minimum atomic E-state index is -0.512. The third-order valence-corrected chi connectivity index (χ3v) is 5.87. The summed E-state index contributed by atoms with van der Waals surface area (Å²) in [7, 11) is 0. The van der Waals surface area contributed by atoms with Crippen LogP contribution in [0.2, 0.25) is 0 Å². The van der Waals surface area contributed by atoms with Crippen molar-refractivity contribution >= 4 is 33.1 Å². The minimum Gasteiger partial charge on any atom is -0.376 e. The first kappa shape index (κ1) is 17.8. The second kappa shape index (κ2) is 7.21. The maximum absolute atomic E-state index is 13.8.